The van der Waals surface area contributed by atoms with Gasteiger partial charge in [-0.2, -0.15) is 5.10 Å². The van der Waals surface area contributed by atoms with Gasteiger partial charge in [-0.25, -0.2) is 0 Å². The number of aromatic nitrogens is 2. The smallest absolute Gasteiger partial charge is 0.165 e. The van der Waals surface area contributed by atoms with Crippen LogP contribution in [0.25, 0.3) is 27.5 Å². The Balaban J connectivity index is 1.21. The minimum Gasteiger partial charge on any atom is -0.355 e. The second kappa shape index (κ2) is 9.60. The van der Waals surface area contributed by atoms with Crippen LogP contribution in [-0.2, 0) is 6.54 Å². The van der Waals surface area contributed by atoms with Crippen LogP contribution in [0.15, 0.2) is 106 Å². The van der Waals surface area contributed by atoms with Gasteiger partial charge in [-0.3, -0.25) is 10.4 Å². The molecule has 1 aliphatic heterocycles. The molecule has 0 spiro atoms. The molecule has 0 saturated carbocycles. The Morgan fingerprint density at radius 1 is 0.971 bits per heavy atom. The van der Waals surface area contributed by atoms with Gasteiger partial charge in [-0.15, -0.1) is 0 Å². The lowest BCUT2D eigenvalue weighted by Crippen LogP contribution is -2.31. The highest BCUT2D eigenvalue weighted by atomic mass is 79.9. The zero-order valence-electron chi connectivity index (χ0n) is 18.7. The number of halogens is 1. The van der Waals surface area contributed by atoms with Crippen LogP contribution in [0.3, 0.4) is 0 Å². The minimum absolute atomic E-state index is 0.0265. The molecule has 1 atom stereocenters. The molecule has 1 unspecified atom stereocenters. The molecule has 6 rings (SSSR count). The number of fused-ring (bicyclic) bond motifs is 3. The Kier molecular flexibility index (Phi) is 6.02. The van der Waals surface area contributed by atoms with Crippen molar-refractivity contribution in [2.24, 2.45) is 5.10 Å². The highest BCUT2D eigenvalue weighted by molar-refractivity contribution is 9.10. The first kappa shape index (κ1) is 21.9. The maximum atomic E-state index is 4.68. The molecule has 0 amide bonds. The summed E-state index contributed by atoms with van der Waals surface area (Å²) in [5.41, 5.74) is 9.79. The summed E-state index contributed by atoms with van der Waals surface area (Å²) in [5, 5.41) is 12.4. The highest BCUT2D eigenvalue weighted by Crippen LogP contribution is 2.30. The van der Waals surface area contributed by atoms with Crippen LogP contribution >= 0.6 is 27.7 Å². The third-order valence-electron chi connectivity index (χ3n) is 6.02. The zero-order valence-corrected chi connectivity index (χ0v) is 21.1. The number of rotatable bonds is 6. The third-order valence-corrected chi connectivity index (χ3v) is 7.41. The predicted octanol–water partition coefficient (Wildman–Crippen LogP) is 6.54. The lowest BCUT2D eigenvalue weighted by atomic mass is 10.2. The summed E-state index contributed by atoms with van der Waals surface area (Å²) in [6.07, 6.45) is 3.73. The van der Waals surface area contributed by atoms with Crippen molar-refractivity contribution in [2.45, 2.75) is 12.0 Å². The quantitative estimate of drug-likeness (QED) is 0.190. The van der Waals surface area contributed by atoms with E-state index in [-0.39, 0.29) is 5.50 Å². The van der Waals surface area contributed by atoms with Gasteiger partial charge >= 0.3 is 0 Å². The molecule has 3 heterocycles. The number of hydrazone groups is 1. The molecule has 2 N–H and O–H groups in total. The van der Waals surface area contributed by atoms with Gasteiger partial charge in [0.05, 0.1) is 29.3 Å². The van der Waals surface area contributed by atoms with Gasteiger partial charge in [0.25, 0.3) is 0 Å². The van der Waals surface area contributed by atoms with Crippen LogP contribution in [0.1, 0.15) is 16.8 Å². The number of para-hydroxylation sites is 1. The summed E-state index contributed by atoms with van der Waals surface area (Å²) in [6.45, 7) is 0.805. The zero-order chi connectivity index (χ0) is 23.6. The fraction of sp³-hybridized carbons (Fsp3) is 0.0714. The van der Waals surface area contributed by atoms with Crippen molar-refractivity contribution in [3.05, 3.63) is 118 Å². The summed E-state index contributed by atoms with van der Waals surface area (Å²) >= 11 is 5.14. The number of benzene rings is 3. The van der Waals surface area contributed by atoms with Gasteiger partial charge in [-0.1, -0.05) is 88.4 Å². The van der Waals surface area contributed by atoms with Crippen LogP contribution < -0.4 is 10.7 Å². The average molecular weight is 540 g/mol. The normalized spacial score (nSPS) is 15.6. The standard InChI is InChI=1S/C28H22BrN5S/c29-21-12-10-20(11-13-21)25-18-35-28(32-25)33-31-15-22-14-24-23-8-4-5-9-26(23)34(27(24)16-30-22)17-19-6-2-1-3-7-19/h1-16,18,28,32-33H,17H2/b31-15+. The number of pyridine rings is 1. The van der Waals surface area contributed by atoms with E-state index in [1.807, 2.05) is 24.4 Å². The van der Waals surface area contributed by atoms with Crippen LogP contribution in [0.4, 0.5) is 0 Å². The maximum absolute atomic E-state index is 4.68. The fourth-order valence-corrected chi connectivity index (χ4v) is 5.39. The number of nitrogens with zero attached hydrogens (tertiary/aromatic N) is 3. The van der Waals surface area contributed by atoms with Crippen molar-refractivity contribution in [1.82, 2.24) is 20.3 Å². The Morgan fingerprint density at radius 3 is 2.63 bits per heavy atom. The van der Waals surface area contributed by atoms with Crippen molar-refractivity contribution in [3.63, 3.8) is 0 Å². The molecule has 0 radical (unpaired) electrons. The van der Waals surface area contributed by atoms with Crippen LogP contribution in [0, 0.1) is 0 Å². The Labute approximate surface area is 216 Å². The van der Waals surface area contributed by atoms with Crippen molar-refractivity contribution >= 4 is 61.4 Å². The molecule has 7 heteroatoms. The van der Waals surface area contributed by atoms with Crippen molar-refractivity contribution in [2.75, 3.05) is 0 Å². The second-order valence-electron chi connectivity index (χ2n) is 8.30. The van der Waals surface area contributed by atoms with E-state index >= 15 is 0 Å². The number of nitrogens with one attached hydrogen (secondary N) is 2. The van der Waals surface area contributed by atoms with Crippen molar-refractivity contribution in [3.8, 4) is 0 Å². The molecule has 0 fully saturated rings. The molecular formula is C28H22BrN5S. The molecule has 0 saturated heterocycles. The van der Waals surface area contributed by atoms with E-state index in [4.69, 9.17) is 0 Å². The monoisotopic (exact) mass is 539 g/mol. The lowest BCUT2D eigenvalue weighted by Gasteiger charge is -2.12. The van der Waals surface area contributed by atoms with E-state index < -0.39 is 0 Å². The topological polar surface area (TPSA) is 54.2 Å². The largest absolute Gasteiger partial charge is 0.355 e. The van der Waals surface area contributed by atoms with E-state index in [0.29, 0.717) is 0 Å². The summed E-state index contributed by atoms with van der Waals surface area (Å²) in [4.78, 5) is 4.68. The Bertz CT molecular complexity index is 1560. The Hall–Kier alpha value is -3.55. The molecule has 5 aromatic rings. The van der Waals surface area contributed by atoms with Crippen LogP contribution in [0.5, 0.6) is 0 Å². The van der Waals surface area contributed by atoms with Crippen LogP contribution in [-0.4, -0.2) is 21.3 Å². The van der Waals surface area contributed by atoms with Gasteiger partial charge in [0.1, 0.15) is 0 Å². The second-order valence-corrected chi connectivity index (χ2v) is 10.2. The van der Waals surface area contributed by atoms with Gasteiger partial charge < -0.3 is 9.88 Å². The first-order valence-corrected chi connectivity index (χ1v) is 13.1. The van der Waals surface area contributed by atoms with Crippen molar-refractivity contribution < 1.29 is 0 Å². The SMILES string of the molecule is Brc1ccc(C2=CSC(N/N=C/c3cc4c5ccccc5n(Cc5ccccc5)c4cn3)N2)cc1. The molecule has 3 aromatic carbocycles. The fourth-order valence-electron chi connectivity index (χ4n) is 4.33. The third kappa shape index (κ3) is 4.57. The summed E-state index contributed by atoms with van der Waals surface area (Å²) in [5.74, 6) is 0. The molecule has 35 heavy (non-hydrogen) atoms. The first-order valence-electron chi connectivity index (χ1n) is 11.3. The molecule has 0 aliphatic carbocycles. The van der Waals surface area contributed by atoms with E-state index in [1.165, 1.54) is 21.9 Å². The van der Waals surface area contributed by atoms with Gasteiger partial charge in [0.2, 0.25) is 0 Å². The van der Waals surface area contributed by atoms with Gasteiger partial charge in [0.15, 0.2) is 5.50 Å². The first-order chi connectivity index (χ1) is 17.2. The maximum Gasteiger partial charge on any atom is 0.165 e. The van der Waals surface area contributed by atoms with Gasteiger partial charge in [-0.05, 0) is 40.8 Å². The molecular weight excluding hydrogens is 518 g/mol. The van der Waals surface area contributed by atoms with Crippen LogP contribution in [0.2, 0.25) is 0 Å². The van der Waals surface area contributed by atoms with Crippen molar-refractivity contribution in [1.29, 1.82) is 0 Å². The molecule has 2 aromatic heterocycles. The van der Waals surface area contributed by atoms with E-state index in [1.54, 1.807) is 18.0 Å². The van der Waals surface area contributed by atoms with E-state index in [2.05, 4.69) is 113 Å². The predicted molar refractivity (Wildman–Crippen MR) is 150 cm³/mol. The minimum atomic E-state index is -0.0265. The summed E-state index contributed by atoms with van der Waals surface area (Å²) in [6, 6.07) is 29.4. The average Bonchev–Trinajstić information content (AvgIpc) is 3.49. The molecule has 172 valence electrons. The molecule has 5 nitrogen and oxygen atoms in total. The number of hydrogen-bond donors (Lipinski definition) is 2. The Morgan fingerprint density at radius 2 is 1.77 bits per heavy atom. The molecule has 0 bridgehead atoms. The van der Waals surface area contributed by atoms with E-state index in [0.717, 1.165) is 33.5 Å². The summed E-state index contributed by atoms with van der Waals surface area (Å²) < 4.78 is 3.40. The summed E-state index contributed by atoms with van der Waals surface area (Å²) in [7, 11) is 0. The number of thioether (sulfide) groups is 1. The number of hydrogen-bond acceptors (Lipinski definition) is 5. The lowest BCUT2D eigenvalue weighted by molar-refractivity contribution is 0.657. The molecule has 1 aliphatic rings. The van der Waals surface area contributed by atoms with E-state index in [9.17, 15) is 0 Å². The highest BCUT2D eigenvalue weighted by Gasteiger charge is 2.17. The van der Waals surface area contributed by atoms with Gasteiger partial charge in [0, 0.05) is 27.3 Å².